The molecule has 6 nitrogen and oxygen atoms in total. The first-order valence-electron chi connectivity index (χ1n) is 9.25. The summed E-state index contributed by atoms with van der Waals surface area (Å²) in [6.07, 6.45) is 4.08. The van der Waals surface area contributed by atoms with E-state index in [1.54, 1.807) is 11.8 Å². The smallest absolute Gasteiger partial charge is 0.280 e. The van der Waals surface area contributed by atoms with Crippen molar-refractivity contribution < 1.29 is 9.47 Å². The molecule has 2 heterocycles. The molecule has 140 valence electrons. The van der Waals surface area contributed by atoms with E-state index >= 15 is 0 Å². The Labute approximate surface area is 153 Å². The van der Waals surface area contributed by atoms with E-state index in [9.17, 15) is 4.79 Å². The zero-order valence-corrected chi connectivity index (χ0v) is 15.7. The average molecular weight is 357 g/mol. The van der Waals surface area contributed by atoms with Gasteiger partial charge in [0.2, 0.25) is 0 Å². The lowest BCUT2D eigenvalue weighted by atomic mass is 10.1. The molecule has 0 radical (unpaired) electrons. The fourth-order valence-electron chi connectivity index (χ4n) is 3.31. The van der Waals surface area contributed by atoms with Crippen molar-refractivity contribution in [2.75, 3.05) is 20.3 Å². The Hall–Kier alpha value is -2.34. The van der Waals surface area contributed by atoms with Crippen LogP contribution in [0.15, 0.2) is 34.1 Å². The minimum atomic E-state index is -0.0628. The second-order valence-corrected chi connectivity index (χ2v) is 6.62. The summed E-state index contributed by atoms with van der Waals surface area (Å²) in [4.78, 5) is 17.7. The zero-order chi connectivity index (χ0) is 18.5. The molecule has 26 heavy (non-hydrogen) atoms. The highest BCUT2D eigenvalue weighted by molar-refractivity contribution is 5.99. The predicted octanol–water partition coefficient (Wildman–Crippen LogP) is 3.11. The minimum Gasteiger partial charge on any atom is -0.497 e. The summed E-state index contributed by atoms with van der Waals surface area (Å²) in [6, 6.07) is 7.44. The van der Waals surface area contributed by atoms with E-state index in [1.807, 2.05) is 31.2 Å². The SMILES string of the molecule is CCCc1[nH]n(-c2ccc(OC)cc2)c(=O)c1C(C)=NC[C@H]1CCCO1. The number of rotatable bonds is 7. The van der Waals surface area contributed by atoms with Crippen LogP contribution in [0.2, 0.25) is 0 Å². The third-order valence-electron chi connectivity index (χ3n) is 4.71. The predicted molar refractivity (Wildman–Crippen MR) is 103 cm³/mol. The fourth-order valence-corrected chi connectivity index (χ4v) is 3.31. The number of methoxy groups -OCH3 is 1. The van der Waals surface area contributed by atoms with Gasteiger partial charge in [0, 0.05) is 18.0 Å². The first-order valence-corrected chi connectivity index (χ1v) is 9.25. The highest BCUT2D eigenvalue weighted by atomic mass is 16.5. The van der Waals surface area contributed by atoms with E-state index in [2.05, 4.69) is 17.0 Å². The first-order chi connectivity index (χ1) is 12.6. The van der Waals surface area contributed by atoms with Crippen molar-refractivity contribution in [1.29, 1.82) is 0 Å². The topological polar surface area (TPSA) is 68.6 Å². The van der Waals surface area contributed by atoms with Gasteiger partial charge in [-0.25, -0.2) is 4.68 Å². The summed E-state index contributed by atoms with van der Waals surface area (Å²) >= 11 is 0. The molecular formula is C20H27N3O3. The number of ether oxygens (including phenoxy) is 2. The van der Waals surface area contributed by atoms with E-state index in [-0.39, 0.29) is 11.7 Å². The van der Waals surface area contributed by atoms with Crippen LogP contribution in [-0.4, -0.2) is 41.9 Å². The number of hydrogen-bond donors (Lipinski definition) is 1. The van der Waals surface area contributed by atoms with Crippen LogP contribution < -0.4 is 10.3 Å². The normalized spacial score (nSPS) is 17.7. The number of aromatic amines is 1. The molecule has 1 saturated heterocycles. The van der Waals surface area contributed by atoms with Crippen molar-refractivity contribution >= 4 is 5.71 Å². The van der Waals surface area contributed by atoms with Gasteiger partial charge in [-0.3, -0.25) is 14.9 Å². The molecule has 0 bridgehead atoms. The number of nitrogens with zero attached hydrogens (tertiary/aromatic N) is 2. The van der Waals surface area contributed by atoms with E-state index in [0.29, 0.717) is 12.1 Å². The highest BCUT2D eigenvalue weighted by Crippen LogP contribution is 2.16. The van der Waals surface area contributed by atoms with E-state index in [1.165, 1.54) is 0 Å². The van der Waals surface area contributed by atoms with Crippen LogP contribution in [0.3, 0.4) is 0 Å². The second kappa shape index (κ2) is 8.36. The summed E-state index contributed by atoms with van der Waals surface area (Å²) in [7, 11) is 1.63. The molecule has 1 aromatic carbocycles. The van der Waals surface area contributed by atoms with E-state index in [4.69, 9.17) is 9.47 Å². The van der Waals surface area contributed by atoms with Crippen LogP contribution in [-0.2, 0) is 11.2 Å². The Morgan fingerprint density at radius 1 is 1.38 bits per heavy atom. The average Bonchev–Trinajstić information content (AvgIpc) is 3.28. The molecule has 1 N–H and O–H groups in total. The number of aryl methyl sites for hydroxylation is 1. The molecule has 0 amide bonds. The largest absolute Gasteiger partial charge is 0.497 e. The molecule has 3 rings (SSSR count). The maximum Gasteiger partial charge on any atom is 0.280 e. The molecule has 0 spiro atoms. The number of benzene rings is 1. The van der Waals surface area contributed by atoms with E-state index < -0.39 is 0 Å². The summed E-state index contributed by atoms with van der Waals surface area (Å²) in [5.41, 5.74) is 3.11. The number of aliphatic imine (C=N–C) groups is 1. The summed E-state index contributed by atoms with van der Waals surface area (Å²) < 4.78 is 12.4. The van der Waals surface area contributed by atoms with Crippen LogP contribution in [0.4, 0.5) is 0 Å². The lowest BCUT2D eigenvalue weighted by molar-refractivity contribution is 0.118. The Morgan fingerprint density at radius 3 is 2.77 bits per heavy atom. The molecule has 6 heteroatoms. The molecule has 2 aromatic rings. The lowest BCUT2D eigenvalue weighted by Gasteiger charge is -2.06. The number of nitrogens with one attached hydrogen (secondary N) is 1. The minimum absolute atomic E-state index is 0.0628. The Balaban J connectivity index is 1.93. The number of H-pyrrole nitrogens is 1. The molecule has 1 fully saturated rings. The van der Waals surface area contributed by atoms with Crippen molar-refractivity contribution in [1.82, 2.24) is 9.78 Å². The standard InChI is InChI=1S/C20H27N3O3/c1-4-6-18-19(14(2)21-13-17-7-5-12-26-17)20(24)23(22-18)15-8-10-16(25-3)11-9-15/h8-11,17,22H,4-7,12-13H2,1-3H3/t17-/m1/s1. The monoisotopic (exact) mass is 357 g/mol. The fraction of sp³-hybridized carbons (Fsp3) is 0.500. The van der Waals surface area contributed by atoms with Crippen molar-refractivity contribution in [2.45, 2.75) is 45.6 Å². The quantitative estimate of drug-likeness (QED) is 0.774. The zero-order valence-electron chi connectivity index (χ0n) is 15.7. The van der Waals surface area contributed by atoms with Gasteiger partial charge >= 0.3 is 0 Å². The van der Waals surface area contributed by atoms with Crippen molar-refractivity contribution in [3.05, 3.63) is 45.9 Å². The van der Waals surface area contributed by atoms with Crippen molar-refractivity contribution in [2.24, 2.45) is 4.99 Å². The van der Waals surface area contributed by atoms with Crippen LogP contribution in [0.5, 0.6) is 5.75 Å². The molecule has 1 atom stereocenters. The Kier molecular flexibility index (Phi) is 5.93. The van der Waals surface area contributed by atoms with Crippen molar-refractivity contribution in [3.8, 4) is 11.4 Å². The summed E-state index contributed by atoms with van der Waals surface area (Å²) in [5, 5.41) is 3.26. The second-order valence-electron chi connectivity index (χ2n) is 6.62. The van der Waals surface area contributed by atoms with Crippen LogP contribution >= 0.6 is 0 Å². The summed E-state index contributed by atoms with van der Waals surface area (Å²) in [6.45, 7) is 5.45. The maximum absolute atomic E-state index is 13.0. The number of aromatic nitrogens is 2. The Bertz CT molecular complexity index is 812. The first kappa shape index (κ1) is 18.5. The van der Waals surface area contributed by atoms with Gasteiger partial charge < -0.3 is 9.47 Å². The number of hydrogen-bond acceptors (Lipinski definition) is 4. The van der Waals surface area contributed by atoms with Crippen LogP contribution in [0.1, 0.15) is 44.4 Å². The van der Waals surface area contributed by atoms with Gasteiger partial charge in [-0.05, 0) is 50.5 Å². The van der Waals surface area contributed by atoms with Crippen LogP contribution in [0, 0.1) is 0 Å². The van der Waals surface area contributed by atoms with Gasteiger partial charge in [-0.1, -0.05) is 13.3 Å². The molecule has 0 saturated carbocycles. The Morgan fingerprint density at radius 2 is 2.15 bits per heavy atom. The molecule has 1 aliphatic heterocycles. The van der Waals surface area contributed by atoms with Crippen LogP contribution in [0.25, 0.3) is 5.69 Å². The van der Waals surface area contributed by atoms with Gasteiger partial charge in [-0.15, -0.1) is 0 Å². The molecule has 0 aliphatic carbocycles. The molecule has 0 unspecified atom stereocenters. The van der Waals surface area contributed by atoms with Gasteiger partial charge in [0.25, 0.3) is 5.56 Å². The van der Waals surface area contributed by atoms with Gasteiger partial charge in [-0.2, -0.15) is 0 Å². The van der Waals surface area contributed by atoms with Gasteiger partial charge in [0.15, 0.2) is 0 Å². The third-order valence-corrected chi connectivity index (χ3v) is 4.71. The highest BCUT2D eigenvalue weighted by Gasteiger charge is 2.19. The molecular weight excluding hydrogens is 330 g/mol. The summed E-state index contributed by atoms with van der Waals surface area (Å²) in [5.74, 6) is 0.761. The van der Waals surface area contributed by atoms with Gasteiger partial charge in [0.05, 0.1) is 31.0 Å². The van der Waals surface area contributed by atoms with Gasteiger partial charge in [0.1, 0.15) is 5.75 Å². The third kappa shape index (κ3) is 3.90. The van der Waals surface area contributed by atoms with Crippen molar-refractivity contribution in [3.63, 3.8) is 0 Å². The molecule has 1 aliphatic rings. The van der Waals surface area contributed by atoms with E-state index in [0.717, 1.165) is 55.1 Å². The molecule has 1 aromatic heterocycles. The lowest BCUT2D eigenvalue weighted by Crippen LogP contribution is -2.20. The maximum atomic E-state index is 13.0.